The Balaban J connectivity index is 1.62. The summed E-state index contributed by atoms with van der Waals surface area (Å²) in [4.78, 5) is 42.7. The predicted molar refractivity (Wildman–Crippen MR) is 133 cm³/mol. The van der Waals surface area contributed by atoms with E-state index in [4.69, 9.17) is 5.73 Å². The average molecular weight is 489 g/mol. The third-order valence-corrected chi connectivity index (χ3v) is 5.83. The molecule has 0 fully saturated rings. The summed E-state index contributed by atoms with van der Waals surface area (Å²) in [5.74, 6) is -1.96. The molecule has 0 saturated carbocycles. The van der Waals surface area contributed by atoms with Crippen LogP contribution in [-0.2, 0) is 6.54 Å². The number of carbonyl (C=O) groups excluding carboxylic acids is 3. The first-order chi connectivity index (χ1) is 17.0. The van der Waals surface area contributed by atoms with Crippen molar-refractivity contribution in [2.45, 2.75) is 20.4 Å². The monoisotopic (exact) mass is 488 g/mol. The van der Waals surface area contributed by atoms with Gasteiger partial charge in [-0.25, -0.2) is 9.37 Å². The highest BCUT2D eigenvalue weighted by Crippen LogP contribution is 2.25. The number of rotatable bonds is 6. The summed E-state index contributed by atoms with van der Waals surface area (Å²) in [6, 6.07) is 12.3. The molecule has 10 heteroatoms. The fourth-order valence-electron chi connectivity index (χ4n) is 3.91. The summed E-state index contributed by atoms with van der Waals surface area (Å²) in [5, 5.41) is 7.80. The number of carbonyl (C=O) groups is 3. The van der Waals surface area contributed by atoms with E-state index >= 15 is 0 Å². The van der Waals surface area contributed by atoms with Crippen LogP contribution in [0, 0.1) is 19.7 Å². The van der Waals surface area contributed by atoms with E-state index in [9.17, 15) is 18.8 Å². The Kier molecular flexibility index (Phi) is 6.52. The number of nitrogens with two attached hydrogens (primary N) is 1. The summed E-state index contributed by atoms with van der Waals surface area (Å²) in [5.41, 5.74) is 8.87. The molecule has 0 unspecified atom stereocenters. The number of primary amides is 1. The standard InChI is InChI=1S/C26H25FN6O3/c1-14-23(15(2)33(31-14)13-16-5-7-17(8-6-16)26(36)32(3)4)30-25(35)20-12-22(24(28)34)29-21-11-18(27)9-10-19(20)21/h5-12H,13H2,1-4H3,(H2,28,34)(H,30,35). The molecule has 3 amide bonds. The number of pyridine rings is 1. The van der Waals surface area contributed by atoms with Gasteiger partial charge in [0, 0.05) is 31.1 Å². The van der Waals surface area contributed by atoms with Crippen LogP contribution in [0.3, 0.4) is 0 Å². The van der Waals surface area contributed by atoms with Crippen LogP contribution in [0.5, 0.6) is 0 Å². The second-order valence-corrected chi connectivity index (χ2v) is 8.63. The highest BCUT2D eigenvalue weighted by molar-refractivity contribution is 6.14. The van der Waals surface area contributed by atoms with Crippen molar-refractivity contribution in [1.29, 1.82) is 0 Å². The fraction of sp³-hybridized carbons (Fsp3) is 0.192. The number of amides is 3. The minimum atomic E-state index is -0.825. The van der Waals surface area contributed by atoms with Gasteiger partial charge in [-0.15, -0.1) is 0 Å². The first kappa shape index (κ1) is 24.5. The molecule has 0 bridgehead atoms. The van der Waals surface area contributed by atoms with Gasteiger partial charge in [-0.05, 0) is 49.7 Å². The topological polar surface area (TPSA) is 123 Å². The van der Waals surface area contributed by atoms with Crippen LogP contribution in [-0.4, -0.2) is 51.5 Å². The van der Waals surface area contributed by atoms with Crippen molar-refractivity contribution < 1.29 is 18.8 Å². The lowest BCUT2D eigenvalue weighted by Gasteiger charge is -2.11. The van der Waals surface area contributed by atoms with E-state index in [2.05, 4.69) is 15.4 Å². The van der Waals surface area contributed by atoms with Crippen molar-refractivity contribution in [3.8, 4) is 0 Å². The van der Waals surface area contributed by atoms with Gasteiger partial charge in [0.1, 0.15) is 11.5 Å². The first-order valence-electron chi connectivity index (χ1n) is 11.1. The van der Waals surface area contributed by atoms with E-state index in [1.54, 1.807) is 37.8 Å². The molecule has 0 aliphatic carbocycles. The van der Waals surface area contributed by atoms with E-state index in [1.165, 1.54) is 23.1 Å². The molecular formula is C26H25FN6O3. The minimum absolute atomic E-state index is 0.0801. The number of nitrogens with zero attached hydrogens (tertiary/aromatic N) is 4. The van der Waals surface area contributed by atoms with Crippen LogP contribution in [0.2, 0.25) is 0 Å². The molecule has 4 rings (SSSR count). The molecule has 0 spiro atoms. The number of nitrogens with one attached hydrogen (secondary N) is 1. The Morgan fingerprint density at radius 1 is 1.06 bits per heavy atom. The van der Waals surface area contributed by atoms with Crippen molar-refractivity contribution in [2.24, 2.45) is 5.73 Å². The maximum absolute atomic E-state index is 13.7. The molecule has 2 heterocycles. The van der Waals surface area contributed by atoms with Gasteiger partial charge in [0.2, 0.25) is 0 Å². The minimum Gasteiger partial charge on any atom is -0.364 e. The van der Waals surface area contributed by atoms with Crippen LogP contribution in [0.25, 0.3) is 10.9 Å². The Labute approximate surface area is 206 Å². The van der Waals surface area contributed by atoms with Gasteiger partial charge in [0.25, 0.3) is 17.7 Å². The molecule has 2 aromatic carbocycles. The van der Waals surface area contributed by atoms with Gasteiger partial charge < -0.3 is 16.0 Å². The van der Waals surface area contributed by atoms with Crippen molar-refractivity contribution in [3.63, 3.8) is 0 Å². The Hall–Kier alpha value is -4.60. The molecule has 0 aliphatic heterocycles. The van der Waals surface area contributed by atoms with E-state index in [0.29, 0.717) is 34.6 Å². The van der Waals surface area contributed by atoms with Crippen molar-refractivity contribution in [2.75, 3.05) is 19.4 Å². The second kappa shape index (κ2) is 9.57. The number of hydrogen-bond acceptors (Lipinski definition) is 5. The van der Waals surface area contributed by atoms with Gasteiger partial charge in [-0.1, -0.05) is 12.1 Å². The largest absolute Gasteiger partial charge is 0.364 e. The molecule has 36 heavy (non-hydrogen) atoms. The van der Waals surface area contributed by atoms with Crippen LogP contribution in [0.4, 0.5) is 10.1 Å². The molecule has 2 aromatic heterocycles. The zero-order valence-electron chi connectivity index (χ0n) is 20.3. The lowest BCUT2D eigenvalue weighted by atomic mass is 10.1. The third kappa shape index (κ3) is 4.78. The number of anilines is 1. The molecule has 4 aromatic rings. The van der Waals surface area contributed by atoms with Gasteiger partial charge in [-0.3, -0.25) is 19.1 Å². The van der Waals surface area contributed by atoms with Crippen LogP contribution >= 0.6 is 0 Å². The Morgan fingerprint density at radius 2 is 1.75 bits per heavy atom. The molecule has 0 saturated heterocycles. The fourth-order valence-corrected chi connectivity index (χ4v) is 3.91. The number of fused-ring (bicyclic) bond motifs is 1. The Bertz CT molecular complexity index is 1510. The molecule has 0 aliphatic rings. The van der Waals surface area contributed by atoms with E-state index in [-0.39, 0.29) is 22.7 Å². The third-order valence-electron chi connectivity index (χ3n) is 5.83. The summed E-state index contributed by atoms with van der Waals surface area (Å²) in [7, 11) is 3.40. The van der Waals surface area contributed by atoms with Crippen LogP contribution < -0.4 is 11.1 Å². The number of aryl methyl sites for hydroxylation is 1. The molecule has 184 valence electrons. The zero-order valence-corrected chi connectivity index (χ0v) is 20.3. The Morgan fingerprint density at radius 3 is 2.39 bits per heavy atom. The lowest BCUT2D eigenvalue weighted by Crippen LogP contribution is -2.21. The molecule has 0 radical (unpaired) electrons. The normalized spacial score (nSPS) is 10.9. The summed E-state index contributed by atoms with van der Waals surface area (Å²) < 4.78 is 15.5. The number of benzene rings is 2. The van der Waals surface area contributed by atoms with Crippen molar-refractivity contribution >= 4 is 34.3 Å². The van der Waals surface area contributed by atoms with Crippen LogP contribution in [0.1, 0.15) is 48.2 Å². The molecule has 9 nitrogen and oxygen atoms in total. The molecule has 3 N–H and O–H groups in total. The van der Waals surface area contributed by atoms with Gasteiger partial charge in [0.05, 0.1) is 34.7 Å². The van der Waals surface area contributed by atoms with Crippen molar-refractivity contribution in [1.82, 2.24) is 19.7 Å². The number of halogens is 1. The van der Waals surface area contributed by atoms with E-state index in [1.807, 2.05) is 19.1 Å². The van der Waals surface area contributed by atoms with Gasteiger partial charge >= 0.3 is 0 Å². The summed E-state index contributed by atoms with van der Waals surface area (Å²) in [6.45, 7) is 4.03. The van der Waals surface area contributed by atoms with E-state index in [0.717, 1.165) is 11.6 Å². The summed E-state index contributed by atoms with van der Waals surface area (Å²) >= 11 is 0. The quantitative estimate of drug-likeness (QED) is 0.431. The molecular weight excluding hydrogens is 463 g/mol. The van der Waals surface area contributed by atoms with Gasteiger partial charge in [-0.2, -0.15) is 5.10 Å². The first-order valence-corrected chi connectivity index (χ1v) is 11.1. The summed E-state index contributed by atoms with van der Waals surface area (Å²) in [6.07, 6.45) is 0. The zero-order chi connectivity index (χ0) is 26.1. The maximum atomic E-state index is 13.7. The van der Waals surface area contributed by atoms with E-state index < -0.39 is 17.6 Å². The SMILES string of the molecule is Cc1nn(Cc2ccc(C(=O)N(C)C)cc2)c(C)c1NC(=O)c1cc(C(N)=O)nc2cc(F)ccc12. The van der Waals surface area contributed by atoms with Crippen LogP contribution in [0.15, 0.2) is 48.5 Å². The smallest absolute Gasteiger partial charge is 0.267 e. The predicted octanol–water partition coefficient (Wildman–Crippen LogP) is 3.29. The highest BCUT2D eigenvalue weighted by atomic mass is 19.1. The lowest BCUT2D eigenvalue weighted by molar-refractivity contribution is 0.0827. The maximum Gasteiger partial charge on any atom is 0.267 e. The number of aromatic nitrogens is 3. The molecule has 0 atom stereocenters. The second-order valence-electron chi connectivity index (χ2n) is 8.63. The number of hydrogen-bond donors (Lipinski definition) is 2. The van der Waals surface area contributed by atoms with Crippen molar-refractivity contribution in [3.05, 3.63) is 88.1 Å². The average Bonchev–Trinajstić information content (AvgIpc) is 3.10. The van der Waals surface area contributed by atoms with Gasteiger partial charge in [0.15, 0.2) is 0 Å². The highest BCUT2D eigenvalue weighted by Gasteiger charge is 2.20.